The van der Waals surface area contributed by atoms with Crippen LogP contribution in [-0.2, 0) is 5.54 Å². The van der Waals surface area contributed by atoms with Gasteiger partial charge in [-0.15, -0.1) is 0 Å². The number of aryl methyl sites for hydroxylation is 1. The minimum atomic E-state index is 0.105. The third kappa shape index (κ3) is 2.41. The van der Waals surface area contributed by atoms with Crippen LogP contribution < -0.4 is 5.32 Å². The number of nitrogens with one attached hydrogen (secondary N) is 1. The van der Waals surface area contributed by atoms with Crippen molar-refractivity contribution in [3.05, 3.63) is 34.3 Å². The standard InChI is InChI=1S/C14H20ClN/c1-11-6-7-12(10-13(11)15)14(2)8-4-3-5-9-16-14/h6-7,10,16H,3-5,8-9H2,1-2H3. The fourth-order valence-corrected chi connectivity index (χ4v) is 2.60. The highest BCUT2D eigenvalue weighted by Crippen LogP contribution is 2.31. The maximum atomic E-state index is 6.21. The minimum absolute atomic E-state index is 0.105. The van der Waals surface area contributed by atoms with Gasteiger partial charge < -0.3 is 5.32 Å². The number of benzene rings is 1. The molecule has 0 amide bonds. The van der Waals surface area contributed by atoms with Gasteiger partial charge in [-0.1, -0.05) is 36.6 Å². The van der Waals surface area contributed by atoms with Gasteiger partial charge in [-0.05, 0) is 50.4 Å². The zero-order valence-corrected chi connectivity index (χ0v) is 10.9. The smallest absolute Gasteiger partial charge is 0.0438 e. The molecule has 2 rings (SSSR count). The summed E-state index contributed by atoms with van der Waals surface area (Å²) in [7, 11) is 0. The van der Waals surface area contributed by atoms with Gasteiger partial charge in [0.25, 0.3) is 0 Å². The molecule has 2 heteroatoms. The SMILES string of the molecule is Cc1ccc(C2(C)CCCCCN2)cc1Cl. The molecule has 0 aliphatic carbocycles. The van der Waals surface area contributed by atoms with Crippen molar-refractivity contribution in [2.75, 3.05) is 6.54 Å². The van der Waals surface area contributed by atoms with Crippen LogP contribution in [-0.4, -0.2) is 6.54 Å². The van der Waals surface area contributed by atoms with Crippen molar-refractivity contribution in [1.82, 2.24) is 5.32 Å². The van der Waals surface area contributed by atoms with Crippen molar-refractivity contribution in [2.24, 2.45) is 0 Å². The zero-order chi connectivity index (χ0) is 11.6. The van der Waals surface area contributed by atoms with Crippen molar-refractivity contribution in [1.29, 1.82) is 0 Å². The van der Waals surface area contributed by atoms with Crippen LogP contribution in [0.2, 0.25) is 5.02 Å². The molecule has 0 radical (unpaired) electrons. The Morgan fingerprint density at radius 1 is 1.25 bits per heavy atom. The molecule has 1 N–H and O–H groups in total. The second-order valence-corrected chi connectivity index (χ2v) is 5.44. The van der Waals surface area contributed by atoms with Crippen LogP contribution in [0.4, 0.5) is 0 Å². The molecule has 0 bridgehead atoms. The molecular weight excluding hydrogens is 218 g/mol. The summed E-state index contributed by atoms with van der Waals surface area (Å²) in [5.74, 6) is 0. The lowest BCUT2D eigenvalue weighted by Gasteiger charge is -2.30. The first-order valence-corrected chi connectivity index (χ1v) is 6.51. The van der Waals surface area contributed by atoms with E-state index in [1.807, 2.05) is 0 Å². The summed E-state index contributed by atoms with van der Waals surface area (Å²) in [4.78, 5) is 0. The van der Waals surface area contributed by atoms with Gasteiger partial charge in [0, 0.05) is 10.6 Å². The lowest BCUT2D eigenvalue weighted by molar-refractivity contribution is 0.359. The molecule has 1 nitrogen and oxygen atoms in total. The van der Waals surface area contributed by atoms with Crippen molar-refractivity contribution in [2.45, 2.75) is 45.1 Å². The Labute approximate surface area is 103 Å². The lowest BCUT2D eigenvalue weighted by atomic mass is 9.87. The fraction of sp³-hybridized carbons (Fsp3) is 0.571. The van der Waals surface area contributed by atoms with Crippen LogP contribution in [0.3, 0.4) is 0 Å². The van der Waals surface area contributed by atoms with E-state index in [-0.39, 0.29) is 5.54 Å². The summed E-state index contributed by atoms with van der Waals surface area (Å²) in [5, 5.41) is 4.54. The van der Waals surface area contributed by atoms with Crippen LogP contribution >= 0.6 is 11.6 Å². The summed E-state index contributed by atoms with van der Waals surface area (Å²) >= 11 is 6.21. The molecule has 1 saturated heterocycles. The van der Waals surface area contributed by atoms with Gasteiger partial charge in [-0.25, -0.2) is 0 Å². The van der Waals surface area contributed by atoms with Gasteiger partial charge in [0.2, 0.25) is 0 Å². The fourth-order valence-electron chi connectivity index (χ4n) is 2.42. The van der Waals surface area contributed by atoms with E-state index in [4.69, 9.17) is 11.6 Å². The Morgan fingerprint density at radius 2 is 2.06 bits per heavy atom. The third-order valence-electron chi connectivity index (χ3n) is 3.68. The van der Waals surface area contributed by atoms with Gasteiger partial charge in [-0.2, -0.15) is 0 Å². The van der Waals surface area contributed by atoms with Gasteiger partial charge in [0.15, 0.2) is 0 Å². The Kier molecular flexibility index (Phi) is 3.56. The number of hydrogen-bond acceptors (Lipinski definition) is 1. The monoisotopic (exact) mass is 237 g/mol. The van der Waals surface area contributed by atoms with Gasteiger partial charge in [-0.3, -0.25) is 0 Å². The van der Waals surface area contributed by atoms with E-state index >= 15 is 0 Å². The van der Waals surface area contributed by atoms with Crippen LogP contribution in [0.5, 0.6) is 0 Å². The molecule has 0 saturated carbocycles. The molecule has 1 fully saturated rings. The Bertz CT molecular complexity index is 365. The minimum Gasteiger partial charge on any atom is -0.308 e. The Morgan fingerprint density at radius 3 is 2.81 bits per heavy atom. The van der Waals surface area contributed by atoms with Crippen molar-refractivity contribution >= 4 is 11.6 Å². The second kappa shape index (κ2) is 4.77. The van der Waals surface area contributed by atoms with E-state index in [0.717, 1.165) is 17.1 Å². The largest absolute Gasteiger partial charge is 0.308 e. The van der Waals surface area contributed by atoms with Crippen molar-refractivity contribution < 1.29 is 0 Å². The average Bonchev–Trinajstić information content (AvgIpc) is 2.48. The summed E-state index contributed by atoms with van der Waals surface area (Å²) in [6, 6.07) is 6.45. The van der Waals surface area contributed by atoms with E-state index in [1.165, 1.54) is 31.2 Å². The van der Waals surface area contributed by atoms with Gasteiger partial charge in [0.1, 0.15) is 0 Å². The normalized spacial score (nSPS) is 26.4. The van der Waals surface area contributed by atoms with E-state index in [9.17, 15) is 0 Å². The average molecular weight is 238 g/mol. The second-order valence-electron chi connectivity index (χ2n) is 5.03. The lowest BCUT2D eigenvalue weighted by Crippen LogP contribution is -2.38. The topological polar surface area (TPSA) is 12.0 Å². The number of hydrogen-bond donors (Lipinski definition) is 1. The first kappa shape index (κ1) is 11.9. The number of halogens is 1. The Hall–Kier alpha value is -0.530. The van der Waals surface area contributed by atoms with Crippen LogP contribution in [0.25, 0.3) is 0 Å². The van der Waals surface area contributed by atoms with E-state index in [0.29, 0.717) is 0 Å². The Balaban J connectivity index is 2.29. The predicted octanol–water partition coefficient (Wildman–Crippen LogP) is 4.03. The highest BCUT2D eigenvalue weighted by atomic mass is 35.5. The summed E-state index contributed by atoms with van der Waals surface area (Å²) in [6.45, 7) is 5.45. The zero-order valence-electron chi connectivity index (χ0n) is 10.1. The maximum absolute atomic E-state index is 6.21. The van der Waals surface area contributed by atoms with Crippen LogP contribution in [0, 0.1) is 6.92 Å². The maximum Gasteiger partial charge on any atom is 0.0438 e. The van der Waals surface area contributed by atoms with Gasteiger partial charge >= 0.3 is 0 Å². The molecule has 1 unspecified atom stereocenters. The summed E-state index contributed by atoms with van der Waals surface area (Å²) < 4.78 is 0. The third-order valence-corrected chi connectivity index (χ3v) is 4.08. The van der Waals surface area contributed by atoms with Crippen molar-refractivity contribution in [3.8, 4) is 0 Å². The molecule has 16 heavy (non-hydrogen) atoms. The quantitative estimate of drug-likeness (QED) is 0.778. The molecule has 1 aromatic carbocycles. The first-order chi connectivity index (χ1) is 7.62. The molecule has 0 spiro atoms. The highest BCUT2D eigenvalue weighted by molar-refractivity contribution is 6.31. The van der Waals surface area contributed by atoms with Crippen LogP contribution in [0.15, 0.2) is 18.2 Å². The first-order valence-electron chi connectivity index (χ1n) is 6.13. The molecule has 1 aliphatic rings. The molecule has 88 valence electrons. The van der Waals surface area contributed by atoms with Crippen molar-refractivity contribution in [3.63, 3.8) is 0 Å². The molecular formula is C14H20ClN. The van der Waals surface area contributed by atoms with Crippen LogP contribution in [0.1, 0.15) is 43.7 Å². The molecule has 1 atom stereocenters. The van der Waals surface area contributed by atoms with E-state index in [1.54, 1.807) is 0 Å². The molecule has 1 aromatic rings. The predicted molar refractivity (Wildman–Crippen MR) is 70.0 cm³/mol. The summed E-state index contributed by atoms with van der Waals surface area (Å²) in [6.07, 6.45) is 5.12. The van der Waals surface area contributed by atoms with Gasteiger partial charge in [0.05, 0.1) is 0 Å². The summed E-state index contributed by atoms with van der Waals surface area (Å²) in [5.41, 5.74) is 2.58. The van der Waals surface area contributed by atoms with E-state index in [2.05, 4.69) is 37.4 Å². The molecule has 1 heterocycles. The molecule has 1 aliphatic heterocycles. The number of rotatable bonds is 1. The van der Waals surface area contributed by atoms with E-state index < -0.39 is 0 Å². The highest BCUT2D eigenvalue weighted by Gasteiger charge is 2.27. The molecule has 0 aromatic heterocycles.